The molecule has 1 aromatic carbocycles. The summed E-state index contributed by atoms with van der Waals surface area (Å²) < 4.78 is 32.0. The van der Waals surface area contributed by atoms with Crippen molar-refractivity contribution in [2.45, 2.75) is 51.9 Å². The standard InChI is InChI=1S/C14H10F2N4.C5H7N3.C5H10O.H2/c1-7-8(2)20-14-13(19-7)12(17-6-18-14)10-4-3-9(15)5-11(10)16;1-2-4(1)5-6-3-7-8-5;1-2-4-6-5-3-1;/h3-6H,1-2H3;3-4H,1-2H2,(H,6,7,8);1-5H2;1H. The van der Waals surface area contributed by atoms with Crippen molar-refractivity contribution in [3.05, 3.63) is 59.7 Å². The Hall–Kier alpha value is -3.40. The summed E-state index contributed by atoms with van der Waals surface area (Å²) in [5.41, 5.74) is 2.75. The molecule has 2 aliphatic rings. The fraction of sp³-hybridized carbons (Fsp3) is 0.417. The van der Waals surface area contributed by atoms with E-state index >= 15 is 0 Å². The van der Waals surface area contributed by atoms with Crippen LogP contribution in [0.3, 0.4) is 0 Å². The van der Waals surface area contributed by atoms with Crippen molar-refractivity contribution >= 4 is 11.2 Å². The highest BCUT2D eigenvalue weighted by molar-refractivity contribution is 5.86. The Kier molecular flexibility index (Phi) is 7.79. The van der Waals surface area contributed by atoms with Gasteiger partial charge in [0.2, 0.25) is 0 Å². The number of hydrogen-bond acceptors (Lipinski definition) is 7. The Balaban J connectivity index is 0.000000186. The number of hydrogen-bond donors (Lipinski definition) is 1. The van der Waals surface area contributed by atoms with Crippen molar-refractivity contribution in [2.24, 2.45) is 0 Å². The zero-order valence-electron chi connectivity index (χ0n) is 19.3. The third-order valence-electron chi connectivity index (χ3n) is 5.54. The number of aryl methyl sites for hydroxylation is 2. The van der Waals surface area contributed by atoms with E-state index in [1.54, 1.807) is 13.3 Å². The number of rotatable bonds is 2. The van der Waals surface area contributed by atoms with E-state index in [0.717, 1.165) is 36.5 Å². The maximum Gasteiger partial charge on any atom is 0.182 e. The molecule has 1 aliphatic heterocycles. The van der Waals surface area contributed by atoms with Gasteiger partial charge in [-0.3, -0.25) is 5.10 Å². The number of aromatic nitrogens is 7. The van der Waals surface area contributed by atoms with Crippen molar-refractivity contribution in [3.8, 4) is 11.3 Å². The number of nitrogens with one attached hydrogen (secondary N) is 1. The fourth-order valence-corrected chi connectivity index (χ4v) is 3.38. The number of H-pyrrole nitrogens is 1. The van der Waals surface area contributed by atoms with Crippen LogP contribution in [0.2, 0.25) is 0 Å². The first-order valence-electron chi connectivity index (χ1n) is 11.4. The molecule has 1 N–H and O–H groups in total. The van der Waals surface area contributed by atoms with E-state index < -0.39 is 11.6 Å². The molecule has 0 atom stereocenters. The smallest absolute Gasteiger partial charge is 0.182 e. The lowest BCUT2D eigenvalue weighted by Crippen LogP contribution is -2.03. The molecule has 10 heteroatoms. The molecule has 1 saturated heterocycles. The first-order chi connectivity index (χ1) is 16.5. The lowest BCUT2D eigenvalue weighted by Gasteiger charge is -2.08. The molecule has 8 nitrogen and oxygen atoms in total. The molecule has 180 valence electrons. The first kappa shape index (κ1) is 23.7. The van der Waals surface area contributed by atoms with Crippen LogP contribution in [0.1, 0.15) is 56.7 Å². The summed E-state index contributed by atoms with van der Waals surface area (Å²) in [6.07, 6.45) is 9.36. The third kappa shape index (κ3) is 6.13. The lowest BCUT2D eigenvalue weighted by atomic mass is 10.1. The van der Waals surface area contributed by atoms with E-state index in [0.29, 0.717) is 22.8 Å². The van der Waals surface area contributed by atoms with Crippen LogP contribution in [0.25, 0.3) is 22.4 Å². The monoisotopic (exact) mass is 469 g/mol. The molecule has 0 radical (unpaired) electrons. The summed E-state index contributed by atoms with van der Waals surface area (Å²) in [6, 6.07) is 3.34. The van der Waals surface area contributed by atoms with E-state index in [-0.39, 0.29) is 6.99 Å². The average Bonchev–Trinajstić information content (AvgIpc) is 3.55. The Morgan fingerprint density at radius 2 is 1.71 bits per heavy atom. The van der Waals surface area contributed by atoms with Gasteiger partial charge >= 0.3 is 0 Å². The minimum absolute atomic E-state index is 0. The maximum atomic E-state index is 13.9. The molecular formula is C24H29F2N7O. The van der Waals surface area contributed by atoms with E-state index in [1.807, 2.05) is 6.92 Å². The molecule has 4 aromatic rings. The van der Waals surface area contributed by atoms with Gasteiger partial charge in [-0.05, 0) is 58.1 Å². The van der Waals surface area contributed by atoms with Gasteiger partial charge in [-0.1, -0.05) is 0 Å². The normalized spacial score (nSPS) is 15.2. The van der Waals surface area contributed by atoms with Crippen LogP contribution in [0.15, 0.2) is 30.9 Å². The van der Waals surface area contributed by atoms with E-state index in [4.69, 9.17) is 4.74 Å². The van der Waals surface area contributed by atoms with Gasteiger partial charge in [0.1, 0.15) is 41.3 Å². The second-order valence-corrected chi connectivity index (χ2v) is 8.23. The van der Waals surface area contributed by atoms with Crippen LogP contribution in [0.5, 0.6) is 0 Å². The van der Waals surface area contributed by atoms with Crippen LogP contribution in [-0.4, -0.2) is 48.3 Å². The number of fused-ring (bicyclic) bond motifs is 1. The van der Waals surface area contributed by atoms with Gasteiger partial charge in [0.25, 0.3) is 0 Å². The quantitative estimate of drug-likeness (QED) is 0.436. The van der Waals surface area contributed by atoms with Crippen LogP contribution in [0, 0.1) is 25.5 Å². The highest BCUT2D eigenvalue weighted by Crippen LogP contribution is 2.37. The minimum Gasteiger partial charge on any atom is -0.381 e. The maximum absolute atomic E-state index is 13.9. The third-order valence-corrected chi connectivity index (χ3v) is 5.54. The average molecular weight is 470 g/mol. The molecule has 0 spiro atoms. The Morgan fingerprint density at radius 3 is 2.29 bits per heavy atom. The van der Waals surface area contributed by atoms with Crippen LogP contribution < -0.4 is 0 Å². The SMILES string of the molecule is C1CCOCC1.Cc1nc2ncnc(-c3ccc(F)cc3F)c2nc1C.[HH].c1n[nH]c(C2CC2)n1. The Bertz CT molecular complexity index is 1220. The van der Waals surface area contributed by atoms with Gasteiger partial charge < -0.3 is 4.74 Å². The van der Waals surface area contributed by atoms with Gasteiger partial charge in [0, 0.05) is 32.2 Å². The van der Waals surface area contributed by atoms with E-state index in [2.05, 4.69) is 35.1 Å². The number of nitrogens with zero attached hydrogens (tertiary/aromatic N) is 6. The molecule has 0 amide bonds. The highest BCUT2D eigenvalue weighted by atomic mass is 19.1. The largest absolute Gasteiger partial charge is 0.381 e. The van der Waals surface area contributed by atoms with Gasteiger partial charge in [0.15, 0.2) is 5.65 Å². The highest BCUT2D eigenvalue weighted by Gasteiger charge is 2.25. The number of ether oxygens (including phenoxy) is 1. The zero-order valence-corrected chi connectivity index (χ0v) is 19.3. The molecule has 1 saturated carbocycles. The van der Waals surface area contributed by atoms with Crippen LogP contribution in [0.4, 0.5) is 8.78 Å². The van der Waals surface area contributed by atoms with Crippen molar-refractivity contribution in [2.75, 3.05) is 13.2 Å². The second kappa shape index (κ2) is 11.1. The topological polar surface area (TPSA) is 102 Å². The molecule has 1 aliphatic carbocycles. The molecule has 4 heterocycles. The summed E-state index contributed by atoms with van der Waals surface area (Å²) in [4.78, 5) is 20.8. The van der Waals surface area contributed by atoms with E-state index in [1.165, 1.54) is 50.6 Å². The Labute approximate surface area is 197 Å². The van der Waals surface area contributed by atoms with Crippen LogP contribution in [-0.2, 0) is 4.74 Å². The lowest BCUT2D eigenvalue weighted by molar-refractivity contribution is 0.0968. The Morgan fingerprint density at radius 1 is 0.941 bits per heavy atom. The van der Waals surface area contributed by atoms with E-state index in [9.17, 15) is 8.78 Å². The molecule has 6 rings (SSSR count). The van der Waals surface area contributed by atoms with Gasteiger partial charge in [-0.25, -0.2) is 33.7 Å². The van der Waals surface area contributed by atoms with Gasteiger partial charge in [0.05, 0.1) is 11.4 Å². The van der Waals surface area contributed by atoms with Gasteiger partial charge in [-0.15, -0.1) is 0 Å². The summed E-state index contributed by atoms with van der Waals surface area (Å²) in [6.45, 7) is 5.63. The summed E-state index contributed by atoms with van der Waals surface area (Å²) in [5.74, 6) is 0.440. The van der Waals surface area contributed by atoms with Crippen molar-refractivity contribution in [3.63, 3.8) is 0 Å². The zero-order chi connectivity index (χ0) is 23.9. The summed E-state index contributed by atoms with van der Waals surface area (Å²) >= 11 is 0. The number of aromatic amines is 1. The van der Waals surface area contributed by atoms with Crippen molar-refractivity contribution in [1.29, 1.82) is 0 Å². The molecule has 0 unspecified atom stereocenters. The van der Waals surface area contributed by atoms with Gasteiger partial charge in [-0.2, -0.15) is 5.10 Å². The molecule has 2 fully saturated rings. The second-order valence-electron chi connectivity index (χ2n) is 8.23. The van der Waals surface area contributed by atoms with Crippen LogP contribution >= 0.6 is 0 Å². The molecular weight excluding hydrogens is 440 g/mol. The fourth-order valence-electron chi connectivity index (χ4n) is 3.38. The molecule has 0 bridgehead atoms. The predicted molar refractivity (Wildman–Crippen MR) is 125 cm³/mol. The number of halogens is 2. The first-order valence-corrected chi connectivity index (χ1v) is 11.4. The van der Waals surface area contributed by atoms with Crippen molar-refractivity contribution in [1.82, 2.24) is 35.1 Å². The number of benzene rings is 1. The predicted octanol–water partition coefficient (Wildman–Crippen LogP) is 5.10. The summed E-state index contributed by atoms with van der Waals surface area (Å²) in [7, 11) is 0. The summed E-state index contributed by atoms with van der Waals surface area (Å²) in [5, 5.41) is 6.59. The molecule has 3 aromatic heterocycles. The van der Waals surface area contributed by atoms with Crippen molar-refractivity contribution < 1.29 is 14.9 Å². The molecule has 34 heavy (non-hydrogen) atoms. The minimum atomic E-state index is -0.690.